The van der Waals surface area contributed by atoms with Gasteiger partial charge in [0, 0.05) is 38.4 Å². The number of benzene rings is 1. The molecule has 0 saturated carbocycles. The molecule has 1 aromatic heterocycles. The van der Waals surface area contributed by atoms with E-state index in [0.29, 0.717) is 18.4 Å². The lowest BCUT2D eigenvalue weighted by atomic mass is 10.1. The molecule has 1 aliphatic rings. The van der Waals surface area contributed by atoms with Crippen molar-refractivity contribution in [2.45, 2.75) is 52.4 Å². The van der Waals surface area contributed by atoms with Crippen molar-refractivity contribution >= 4 is 29.9 Å². The number of nitrogens with zero attached hydrogens (tertiary/aromatic N) is 3. The molecule has 0 radical (unpaired) electrons. The van der Waals surface area contributed by atoms with E-state index in [4.69, 9.17) is 9.26 Å². The lowest BCUT2D eigenvalue weighted by molar-refractivity contribution is 0.357. The normalized spacial score (nSPS) is 13.0. The second-order valence-corrected chi connectivity index (χ2v) is 7.28. The number of rotatable bonds is 9. The van der Waals surface area contributed by atoms with Gasteiger partial charge in [0.05, 0.1) is 6.61 Å². The molecule has 0 bridgehead atoms. The van der Waals surface area contributed by atoms with Gasteiger partial charge in [-0.2, -0.15) is 4.98 Å². The van der Waals surface area contributed by atoms with E-state index in [9.17, 15) is 0 Å². The Morgan fingerprint density at radius 2 is 2.10 bits per heavy atom. The van der Waals surface area contributed by atoms with Gasteiger partial charge < -0.3 is 19.9 Å². The molecule has 160 valence electrons. The Labute approximate surface area is 190 Å². The van der Waals surface area contributed by atoms with Gasteiger partial charge in [0.25, 0.3) is 0 Å². The van der Waals surface area contributed by atoms with Crippen molar-refractivity contribution in [3.63, 3.8) is 0 Å². The molecule has 1 aromatic carbocycles. The van der Waals surface area contributed by atoms with Crippen LogP contribution in [-0.4, -0.2) is 42.3 Å². The van der Waals surface area contributed by atoms with Gasteiger partial charge in [-0.25, -0.2) is 0 Å². The third kappa shape index (κ3) is 7.17. The zero-order chi connectivity index (χ0) is 19.8. The van der Waals surface area contributed by atoms with E-state index >= 15 is 0 Å². The molecule has 0 amide bonds. The summed E-state index contributed by atoms with van der Waals surface area (Å²) in [6, 6.07) is 6.48. The van der Waals surface area contributed by atoms with Crippen LogP contribution in [-0.2, 0) is 19.3 Å². The average Bonchev–Trinajstić information content (AvgIpc) is 3.34. The van der Waals surface area contributed by atoms with E-state index in [2.05, 4.69) is 64.7 Å². The molecule has 29 heavy (non-hydrogen) atoms. The Hall–Kier alpha value is -1.84. The van der Waals surface area contributed by atoms with Crippen LogP contribution >= 0.6 is 24.0 Å². The first-order valence-corrected chi connectivity index (χ1v) is 10.2. The van der Waals surface area contributed by atoms with Crippen molar-refractivity contribution in [2.75, 3.05) is 26.2 Å². The minimum atomic E-state index is 0. The van der Waals surface area contributed by atoms with Crippen LogP contribution in [0.25, 0.3) is 0 Å². The molecule has 0 spiro atoms. The van der Waals surface area contributed by atoms with Crippen molar-refractivity contribution in [3.8, 4) is 5.75 Å². The first-order chi connectivity index (χ1) is 13.7. The van der Waals surface area contributed by atoms with Crippen LogP contribution in [0.15, 0.2) is 27.7 Å². The summed E-state index contributed by atoms with van der Waals surface area (Å²) in [4.78, 5) is 9.05. The van der Waals surface area contributed by atoms with Crippen LogP contribution in [0.5, 0.6) is 5.75 Å². The number of aliphatic imine (C=N–C) groups is 1. The van der Waals surface area contributed by atoms with Gasteiger partial charge in [0.1, 0.15) is 5.75 Å². The van der Waals surface area contributed by atoms with E-state index in [1.54, 1.807) is 0 Å². The van der Waals surface area contributed by atoms with Crippen LogP contribution in [0.2, 0.25) is 0 Å². The van der Waals surface area contributed by atoms with Crippen LogP contribution < -0.4 is 15.4 Å². The highest BCUT2D eigenvalue weighted by Gasteiger charge is 2.12. The number of halogens is 1. The summed E-state index contributed by atoms with van der Waals surface area (Å²) >= 11 is 0. The number of ether oxygens (including phenoxy) is 1. The smallest absolute Gasteiger partial charge is 0.226 e. The summed E-state index contributed by atoms with van der Waals surface area (Å²) in [5, 5.41) is 10.7. The van der Waals surface area contributed by atoms with Crippen molar-refractivity contribution in [3.05, 3.63) is 41.0 Å². The van der Waals surface area contributed by atoms with Gasteiger partial charge in [0.2, 0.25) is 5.89 Å². The highest BCUT2D eigenvalue weighted by Crippen LogP contribution is 2.25. The van der Waals surface area contributed by atoms with Crippen molar-refractivity contribution < 1.29 is 9.26 Å². The molecule has 0 aliphatic carbocycles. The quantitative estimate of drug-likeness (QED) is 0.231. The van der Waals surface area contributed by atoms with E-state index in [1.165, 1.54) is 11.1 Å². The summed E-state index contributed by atoms with van der Waals surface area (Å²) in [5.41, 5.74) is 2.64. The van der Waals surface area contributed by atoms with Gasteiger partial charge >= 0.3 is 0 Å². The largest absolute Gasteiger partial charge is 0.493 e. The molecule has 0 unspecified atom stereocenters. The topological polar surface area (TPSA) is 84.6 Å². The lowest BCUT2D eigenvalue weighted by Gasteiger charge is -2.11. The van der Waals surface area contributed by atoms with E-state index < -0.39 is 0 Å². The minimum Gasteiger partial charge on any atom is -0.493 e. The zero-order valence-electron chi connectivity index (χ0n) is 17.5. The first-order valence-electron chi connectivity index (χ1n) is 10.2. The Morgan fingerprint density at radius 3 is 2.86 bits per heavy atom. The van der Waals surface area contributed by atoms with Crippen LogP contribution in [0.3, 0.4) is 0 Å². The monoisotopic (exact) mass is 513 g/mol. The summed E-state index contributed by atoms with van der Waals surface area (Å²) < 4.78 is 10.8. The highest BCUT2D eigenvalue weighted by molar-refractivity contribution is 14.0. The SMILES string of the molecule is CCNC(=NCCCc1nc(C(C)C)no1)NCCc1ccc2c(c1)CCO2.I. The third-order valence-electron chi connectivity index (χ3n) is 4.62. The van der Waals surface area contributed by atoms with E-state index in [-0.39, 0.29) is 24.0 Å². The predicted octanol–water partition coefficient (Wildman–Crippen LogP) is 3.48. The van der Waals surface area contributed by atoms with Gasteiger partial charge in [-0.1, -0.05) is 31.1 Å². The predicted molar refractivity (Wildman–Crippen MR) is 125 cm³/mol. The van der Waals surface area contributed by atoms with Crippen LogP contribution in [0.1, 0.15) is 56.0 Å². The maximum atomic E-state index is 5.57. The Morgan fingerprint density at radius 1 is 1.24 bits per heavy atom. The number of guanidine groups is 1. The highest BCUT2D eigenvalue weighted by atomic mass is 127. The number of hydrogen-bond acceptors (Lipinski definition) is 5. The fourth-order valence-electron chi connectivity index (χ4n) is 3.09. The molecule has 3 rings (SSSR count). The number of fused-ring (bicyclic) bond motifs is 1. The van der Waals surface area contributed by atoms with E-state index in [0.717, 1.165) is 62.9 Å². The molecular weight excluding hydrogens is 481 g/mol. The van der Waals surface area contributed by atoms with E-state index in [1.807, 2.05) is 0 Å². The maximum absolute atomic E-state index is 5.57. The fourth-order valence-corrected chi connectivity index (χ4v) is 3.09. The number of nitrogens with one attached hydrogen (secondary N) is 2. The molecule has 8 heteroatoms. The first kappa shape index (κ1) is 23.4. The number of hydrogen-bond donors (Lipinski definition) is 2. The van der Waals surface area contributed by atoms with Crippen molar-refractivity contribution in [1.29, 1.82) is 0 Å². The fraction of sp³-hybridized carbons (Fsp3) is 0.571. The Kier molecular flexibility index (Phi) is 9.69. The van der Waals surface area contributed by atoms with Gasteiger partial charge in [-0.05, 0) is 37.0 Å². The maximum Gasteiger partial charge on any atom is 0.226 e. The van der Waals surface area contributed by atoms with Crippen molar-refractivity contribution in [1.82, 2.24) is 20.8 Å². The summed E-state index contributed by atoms with van der Waals surface area (Å²) in [5.74, 6) is 3.64. The molecule has 0 fully saturated rings. The summed E-state index contributed by atoms with van der Waals surface area (Å²) in [6.07, 6.45) is 3.60. The average molecular weight is 513 g/mol. The van der Waals surface area contributed by atoms with Crippen LogP contribution in [0, 0.1) is 0 Å². The van der Waals surface area contributed by atoms with Gasteiger partial charge in [-0.3, -0.25) is 4.99 Å². The second-order valence-electron chi connectivity index (χ2n) is 7.28. The second kappa shape index (κ2) is 12.0. The standard InChI is InChI=1S/C21H31N5O2.HI/c1-4-22-21(23-11-5-6-19-25-20(15(2)3)26-28-19)24-12-9-16-7-8-18-17(14-16)10-13-27-18;/h7-8,14-15H,4-6,9-13H2,1-3H3,(H2,22,23,24);1H. The molecule has 0 atom stereocenters. The van der Waals surface area contributed by atoms with Gasteiger partial charge in [-0.15, -0.1) is 24.0 Å². The number of aromatic nitrogens is 2. The van der Waals surface area contributed by atoms with Crippen molar-refractivity contribution in [2.24, 2.45) is 4.99 Å². The molecular formula is C21H32IN5O2. The lowest BCUT2D eigenvalue weighted by Crippen LogP contribution is -2.38. The summed E-state index contributed by atoms with van der Waals surface area (Å²) in [6.45, 7) is 9.38. The minimum absolute atomic E-state index is 0. The molecule has 2 aromatic rings. The molecule has 2 N–H and O–H groups in total. The zero-order valence-corrected chi connectivity index (χ0v) is 19.9. The van der Waals surface area contributed by atoms with Crippen LogP contribution in [0.4, 0.5) is 0 Å². The molecule has 1 aliphatic heterocycles. The Balaban J connectivity index is 0.00000300. The summed E-state index contributed by atoms with van der Waals surface area (Å²) in [7, 11) is 0. The molecule has 2 heterocycles. The molecule has 7 nitrogen and oxygen atoms in total. The van der Waals surface area contributed by atoms with Gasteiger partial charge in [0.15, 0.2) is 11.8 Å². The Bertz CT molecular complexity index is 791. The molecule has 0 saturated heterocycles. The third-order valence-corrected chi connectivity index (χ3v) is 4.62. The number of aryl methyl sites for hydroxylation is 1.